The zero-order chi connectivity index (χ0) is 17.6. The average Bonchev–Trinajstić information content (AvgIpc) is 2.96. The topological polar surface area (TPSA) is 54.0 Å². The van der Waals surface area contributed by atoms with E-state index < -0.39 is 0 Å². The summed E-state index contributed by atoms with van der Waals surface area (Å²) in [4.78, 5) is 18.1. The van der Waals surface area contributed by atoms with Crippen molar-refractivity contribution in [1.29, 1.82) is 0 Å². The number of aromatic nitrogens is 1. The van der Waals surface area contributed by atoms with Gasteiger partial charge in [-0.1, -0.05) is 37.3 Å². The molecule has 0 spiro atoms. The Balaban J connectivity index is 1.41. The van der Waals surface area contributed by atoms with Gasteiger partial charge in [0, 0.05) is 10.9 Å². The molecular weight excluding hydrogens is 330 g/mol. The van der Waals surface area contributed by atoms with Gasteiger partial charge in [0.15, 0.2) is 5.13 Å². The van der Waals surface area contributed by atoms with Crippen molar-refractivity contribution < 1.29 is 4.79 Å². The summed E-state index contributed by atoms with van der Waals surface area (Å²) in [7, 11) is 0. The summed E-state index contributed by atoms with van der Waals surface area (Å²) in [6.45, 7) is 4.33. The van der Waals surface area contributed by atoms with E-state index in [0.29, 0.717) is 0 Å². The van der Waals surface area contributed by atoms with E-state index in [9.17, 15) is 4.79 Å². The van der Waals surface area contributed by atoms with E-state index in [1.54, 1.807) is 11.3 Å². The van der Waals surface area contributed by atoms with E-state index in [1.807, 2.05) is 6.07 Å². The van der Waals surface area contributed by atoms with E-state index in [1.165, 1.54) is 22.6 Å². The molecule has 4 nitrogen and oxygen atoms in total. The Kier molecular flexibility index (Phi) is 6.08. The number of rotatable bonds is 6. The second-order valence-corrected chi connectivity index (χ2v) is 8.20. The quantitative estimate of drug-likeness (QED) is 0.780. The van der Waals surface area contributed by atoms with Crippen LogP contribution in [0, 0.1) is 5.92 Å². The average molecular weight is 358 g/mol. The fourth-order valence-corrected chi connectivity index (χ4v) is 4.45. The molecule has 134 valence electrons. The Morgan fingerprint density at radius 3 is 2.96 bits per heavy atom. The molecule has 0 saturated carbocycles. The predicted octanol–water partition coefficient (Wildman–Crippen LogP) is 4.80. The third-order valence-electron chi connectivity index (χ3n) is 4.73. The second kappa shape index (κ2) is 8.48. The molecule has 1 aliphatic rings. The number of anilines is 1. The summed E-state index contributed by atoms with van der Waals surface area (Å²) in [5, 5.41) is 6.66. The number of benzene rings is 1. The largest absolute Gasteiger partial charge is 0.335 e. The number of amides is 2. The minimum atomic E-state index is -0.147. The van der Waals surface area contributed by atoms with E-state index in [2.05, 4.69) is 53.7 Å². The summed E-state index contributed by atoms with van der Waals surface area (Å²) >= 11 is 1.63. The van der Waals surface area contributed by atoms with Crippen molar-refractivity contribution in [2.45, 2.75) is 58.4 Å². The molecule has 3 rings (SSSR count). The van der Waals surface area contributed by atoms with Gasteiger partial charge < -0.3 is 5.32 Å². The van der Waals surface area contributed by atoms with Crippen LogP contribution < -0.4 is 10.6 Å². The van der Waals surface area contributed by atoms with Crippen molar-refractivity contribution in [3.8, 4) is 0 Å². The minimum Gasteiger partial charge on any atom is -0.335 e. The standard InChI is InChI=1S/C20H27N3OS/c1-14-11-12-17-18(13-14)25-20(22-17)23-19(24)21-15(2)7-6-10-16-8-4-3-5-9-16/h3-5,8-9,14-15H,6-7,10-13H2,1-2H3,(H2,21,22,23,24). The van der Waals surface area contributed by atoms with Crippen LogP contribution in [0.5, 0.6) is 0 Å². The highest BCUT2D eigenvalue weighted by Crippen LogP contribution is 2.32. The monoisotopic (exact) mass is 357 g/mol. The molecule has 1 heterocycles. The first kappa shape index (κ1) is 17.9. The zero-order valence-electron chi connectivity index (χ0n) is 15.0. The van der Waals surface area contributed by atoms with Crippen LogP contribution in [0.3, 0.4) is 0 Å². The number of nitrogens with zero attached hydrogens (tertiary/aromatic N) is 1. The highest BCUT2D eigenvalue weighted by atomic mass is 32.1. The maximum Gasteiger partial charge on any atom is 0.321 e. The molecule has 1 aromatic carbocycles. The lowest BCUT2D eigenvalue weighted by Crippen LogP contribution is -2.36. The Hall–Kier alpha value is -1.88. The molecule has 2 atom stereocenters. The van der Waals surface area contributed by atoms with Crippen LogP contribution in [-0.4, -0.2) is 17.1 Å². The van der Waals surface area contributed by atoms with Crippen molar-refractivity contribution in [1.82, 2.24) is 10.3 Å². The van der Waals surface area contributed by atoms with E-state index >= 15 is 0 Å². The fraction of sp³-hybridized carbons (Fsp3) is 0.500. The van der Waals surface area contributed by atoms with Crippen LogP contribution in [-0.2, 0) is 19.3 Å². The van der Waals surface area contributed by atoms with Gasteiger partial charge in [-0.2, -0.15) is 0 Å². The van der Waals surface area contributed by atoms with E-state index in [0.717, 1.165) is 43.2 Å². The molecular formula is C20H27N3OS. The molecule has 2 unspecified atom stereocenters. The lowest BCUT2D eigenvalue weighted by Gasteiger charge is -2.15. The molecule has 5 heteroatoms. The molecule has 0 saturated heterocycles. The Morgan fingerprint density at radius 1 is 1.36 bits per heavy atom. The molecule has 1 aromatic heterocycles. The fourth-order valence-electron chi connectivity index (χ4n) is 3.28. The number of carbonyl (C=O) groups excluding carboxylic acids is 1. The van der Waals surface area contributed by atoms with Gasteiger partial charge >= 0.3 is 6.03 Å². The lowest BCUT2D eigenvalue weighted by atomic mass is 9.93. The third-order valence-corrected chi connectivity index (χ3v) is 5.76. The van der Waals surface area contributed by atoms with Gasteiger partial charge in [-0.15, -0.1) is 11.3 Å². The normalized spacial score (nSPS) is 17.6. The highest BCUT2D eigenvalue weighted by Gasteiger charge is 2.20. The maximum absolute atomic E-state index is 12.2. The second-order valence-electron chi connectivity index (χ2n) is 7.11. The van der Waals surface area contributed by atoms with Crippen molar-refractivity contribution in [2.24, 2.45) is 5.92 Å². The van der Waals surface area contributed by atoms with Gasteiger partial charge in [-0.25, -0.2) is 9.78 Å². The Bertz CT molecular complexity index is 698. The molecule has 2 N–H and O–H groups in total. The molecule has 0 aliphatic heterocycles. The molecule has 2 amide bonds. The van der Waals surface area contributed by atoms with Gasteiger partial charge in [0.2, 0.25) is 0 Å². The summed E-state index contributed by atoms with van der Waals surface area (Å²) in [6, 6.07) is 10.5. The summed E-state index contributed by atoms with van der Waals surface area (Å²) in [5.41, 5.74) is 2.52. The van der Waals surface area contributed by atoms with Crippen LogP contribution in [0.25, 0.3) is 0 Å². The van der Waals surface area contributed by atoms with Gasteiger partial charge in [-0.05, 0) is 56.9 Å². The van der Waals surface area contributed by atoms with Crippen LogP contribution >= 0.6 is 11.3 Å². The molecule has 25 heavy (non-hydrogen) atoms. The SMILES string of the molecule is CC1CCc2nc(NC(=O)NC(C)CCCc3ccccc3)sc2C1. The van der Waals surface area contributed by atoms with Crippen molar-refractivity contribution in [3.05, 3.63) is 46.5 Å². The summed E-state index contributed by atoms with van der Waals surface area (Å²) < 4.78 is 0. The molecule has 0 bridgehead atoms. The third kappa shape index (κ3) is 5.30. The van der Waals surface area contributed by atoms with Crippen LogP contribution in [0.4, 0.5) is 9.93 Å². The van der Waals surface area contributed by atoms with Gasteiger partial charge in [0.1, 0.15) is 0 Å². The number of urea groups is 1. The molecule has 1 aliphatic carbocycles. The van der Waals surface area contributed by atoms with Gasteiger partial charge in [-0.3, -0.25) is 5.32 Å². The Labute approximate surface area is 154 Å². The van der Waals surface area contributed by atoms with E-state index in [-0.39, 0.29) is 12.1 Å². The minimum absolute atomic E-state index is 0.147. The number of hydrogen-bond acceptors (Lipinski definition) is 3. The molecule has 0 fully saturated rings. The van der Waals surface area contributed by atoms with Gasteiger partial charge in [0.25, 0.3) is 0 Å². The number of carbonyl (C=O) groups is 1. The van der Waals surface area contributed by atoms with Gasteiger partial charge in [0.05, 0.1) is 5.69 Å². The Morgan fingerprint density at radius 2 is 2.16 bits per heavy atom. The molecule has 2 aromatic rings. The number of thiazole rings is 1. The number of hydrogen-bond donors (Lipinski definition) is 2. The predicted molar refractivity (Wildman–Crippen MR) is 104 cm³/mol. The summed E-state index contributed by atoms with van der Waals surface area (Å²) in [6.07, 6.45) is 6.40. The van der Waals surface area contributed by atoms with Crippen molar-refractivity contribution in [3.63, 3.8) is 0 Å². The molecule has 0 radical (unpaired) electrons. The van der Waals surface area contributed by atoms with Crippen molar-refractivity contribution >= 4 is 22.5 Å². The number of aryl methyl sites for hydroxylation is 2. The first-order valence-electron chi connectivity index (χ1n) is 9.20. The van der Waals surface area contributed by atoms with E-state index in [4.69, 9.17) is 0 Å². The number of nitrogens with one attached hydrogen (secondary N) is 2. The highest BCUT2D eigenvalue weighted by molar-refractivity contribution is 7.15. The maximum atomic E-state index is 12.2. The van der Waals surface area contributed by atoms with Crippen LogP contribution in [0.15, 0.2) is 30.3 Å². The first-order valence-corrected chi connectivity index (χ1v) is 10.0. The van der Waals surface area contributed by atoms with Crippen LogP contribution in [0.1, 0.15) is 49.2 Å². The lowest BCUT2D eigenvalue weighted by molar-refractivity contribution is 0.248. The van der Waals surface area contributed by atoms with Crippen molar-refractivity contribution in [2.75, 3.05) is 5.32 Å². The summed E-state index contributed by atoms with van der Waals surface area (Å²) in [5.74, 6) is 0.722. The van der Waals surface area contributed by atoms with Crippen LogP contribution in [0.2, 0.25) is 0 Å². The number of fused-ring (bicyclic) bond motifs is 1. The first-order chi connectivity index (χ1) is 12.1. The zero-order valence-corrected chi connectivity index (χ0v) is 15.9. The smallest absolute Gasteiger partial charge is 0.321 e.